The highest BCUT2D eigenvalue weighted by molar-refractivity contribution is 6.30. The van der Waals surface area contributed by atoms with E-state index in [0.29, 0.717) is 5.02 Å². The normalized spacial score (nSPS) is 30.7. The quantitative estimate of drug-likeness (QED) is 0.576. The van der Waals surface area contributed by atoms with E-state index in [4.69, 9.17) is 16.3 Å². The fraction of sp³-hybridized carbons (Fsp3) is 0.286. The van der Waals surface area contributed by atoms with Gasteiger partial charge in [-0.05, 0) is 24.1 Å². The first-order valence-electron chi connectivity index (χ1n) is 8.36. The fourth-order valence-electron chi connectivity index (χ4n) is 4.13. The van der Waals surface area contributed by atoms with Crippen LogP contribution in [0.25, 0.3) is 0 Å². The smallest absolute Gasteiger partial charge is 0.169 e. The molecule has 2 aromatic carbocycles. The molecule has 1 fully saturated rings. The molecule has 1 saturated heterocycles. The van der Waals surface area contributed by atoms with Crippen LogP contribution in [-0.2, 0) is 4.74 Å². The highest BCUT2D eigenvalue weighted by atomic mass is 35.5. The van der Waals surface area contributed by atoms with Gasteiger partial charge < -0.3 is 4.74 Å². The molecule has 0 radical (unpaired) electrons. The topological polar surface area (TPSA) is 26.3 Å². The van der Waals surface area contributed by atoms with Gasteiger partial charge in [0.2, 0.25) is 0 Å². The molecule has 24 heavy (non-hydrogen) atoms. The third-order valence-electron chi connectivity index (χ3n) is 5.31. The van der Waals surface area contributed by atoms with Crippen LogP contribution in [0.5, 0.6) is 0 Å². The van der Waals surface area contributed by atoms with Crippen molar-refractivity contribution in [3.63, 3.8) is 0 Å². The molecule has 0 unspecified atom stereocenters. The van der Waals surface area contributed by atoms with Crippen LogP contribution in [0.3, 0.4) is 0 Å². The first kappa shape index (κ1) is 15.6. The van der Waals surface area contributed by atoms with Gasteiger partial charge in [0.05, 0.1) is 17.6 Å². The summed E-state index contributed by atoms with van der Waals surface area (Å²) in [6, 6.07) is 17.3. The zero-order chi connectivity index (χ0) is 16.7. The standard InChI is InChI=1S/C21H19ClO2/c1-2-21-13-12-17(24-21)18(20(23)15-6-4-3-5-7-15)19(21)14-8-10-16(22)11-9-14/h3-13,17-19H,2H2,1H3/t17-,18-,19+,21+/m1/s1. The molecule has 0 saturated carbocycles. The van der Waals surface area contributed by atoms with Gasteiger partial charge in [-0.3, -0.25) is 4.79 Å². The van der Waals surface area contributed by atoms with Crippen LogP contribution >= 0.6 is 11.6 Å². The molecular weight excluding hydrogens is 320 g/mol. The molecule has 2 heterocycles. The molecule has 2 aromatic rings. The van der Waals surface area contributed by atoms with E-state index < -0.39 is 5.60 Å². The average Bonchev–Trinajstić information content (AvgIpc) is 3.19. The third kappa shape index (κ3) is 2.33. The largest absolute Gasteiger partial charge is 0.362 e. The van der Waals surface area contributed by atoms with E-state index >= 15 is 0 Å². The minimum absolute atomic E-state index is 0.0162. The zero-order valence-corrected chi connectivity index (χ0v) is 14.2. The predicted molar refractivity (Wildman–Crippen MR) is 95.5 cm³/mol. The molecule has 0 aromatic heterocycles. The second-order valence-corrected chi connectivity index (χ2v) is 6.97. The summed E-state index contributed by atoms with van der Waals surface area (Å²) >= 11 is 6.05. The molecule has 0 spiro atoms. The van der Waals surface area contributed by atoms with Gasteiger partial charge in [0.15, 0.2) is 5.78 Å². The van der Waals surface area contributed by atoms with E-state index in [2.05, 4.69) is 19.1 Å². The number of hydrogen-bond acceptors (Lipinski definition) is 2. The lowest BCUT2D eigenvalue weighted by molar-refractivity contribution is 0.0200. The number of benzene rings is 2. The number of ether oxygens (including phenoxy) is 1. The number of rotatable bonds is 4. The summed E-state index contributed by atoms with van der Waals surface area (Å²) in [4.78, 5) is 13.2. The lowest BCUT2D eigenvalue weighted by Crippen LogP contribution is -2.36. The van der Waals surface area contributed by atoms with Crippen LogP contribution in [0, 0.1) is 5.92 Å². The molecular formula is C21H19ClO2. The van der Waals surface area contributed by atoms with Gasteiger partial charge in [-0.15, -0.1) is 0 Å². The molecule has 2 aliphatic heterocycles. The number of ketones is 1. The third-order valence-corrected chi connectivity index (χ3v) is 5.56. The van der Waals surface area contributed by atoms with Crippen molar-refractivity contribution in [3.8, 4) is 0 Å². The second kappa shape index (κ2) is 5.87. The molecule has 0 N–H and O–H groups in total. The Labute approximate surface area is 147 Å². The van der Waals surface area contributed by atoms with Crippen molar-refractivity contribution in [2.45, 2.75) is 31.0 Å². The van der Waals surface area contributed by atoms with Crippen molar-refractivity contribution < 1.29 is 9.53 Å². The van der Waals surface area contributed by atoms with Crippen LogP contribution in [0.2, 0.25) is 5.02 Å². The molecule has 0 amide bonds. The van der Waals surface area contributed by atoms with Crippen LogP contribution in [-0.4, -0.2) is 17.5 Å². The van der Waals surface area contributed by atoms with Crippen LogP contribution in [0.4, 0.5) is 0 Å². The van der Waals surface area contributed by atoms with Gasteiger partial charge in [0.25, 0.3) is 0 Å². The second-order valence-electron chi connectivity index (χ2n) is 6.54. The molecule has 4 atom stereocenters. The van der Waals surface area contributed by atoms with Gasteiger partial charge in [0, 0.05) is 16.5 Å². The number of carbonyl (C=O) groups excluding carboxylic acids is 1. The zero-order valence-electron chi connectivity index (χ0n) is 13.5. The van der Waals surface area contributed by atoms with E-state index in [-0.39, 0.29) is 23.7 Å². The lowest BCUT2D eigenvalue weighted by atomic mass is 9.68. The Morgan fingerprint density at radius 3 is 2.50 bits per heavy atom. The van der Waals surface area contributed by atoms with Crippen LogP contribution < -0.4 is 0 Å². The number of hydrogen-bond donors (Lipinski definition) is 0. The number of Topliss-reactive ketones (excluding diaryl/α,β-unsaturated/α-hetero) is 1. The number of carbonyl (C=O) groups is 1. The molecule has 4 rings (SSSR count). The van der Waals surface area contributed by atoms with E-state index in [1.807, 2.05) is 54.6 Å². The Hall–Kier alpha value is -1.90. The van der Waals surface area contributed by atoms with Gasteiger partial charge in [-0.2, -0.15) is 0 Å². The van der Waals surface area contributed by atoms with Gasteiger partial charge in [-0.25, -0.2) is 0 Å². The average molecular weight is 339 g/mol. The summed E-state index contributed by atoms with van der Waals surface area (Å²) in [7, 11) is 0. The fourth-order valence-corrected chi connectivity index (χ4v) is 4.26. The highest BCUT2D eigenvalue weighted by Crippen LogP contribution is 2.54. The summed E-state index contributed by atoms with van der Waals surface area (Å²) < 4.78 is 6.30. The maximum absolute atomic E-state index is 13.2. The Balaban J connectivity index is 1.79. The van der Waals surface area contributed by atoms with Crippen molar-refractivity contribution in [1.29, 1.82) is 0 Å². The van der Waals surface area contributed by atoms with Crippen molar-refractivity contribution in [1.82, 2.24) is 0 Å². The lowest BCUT2D eigenvalue weighted by Gasteiger charge is -2.33. The van der Waals surface area contributed by atoms with E-state index in [0.717, 1.165) is 17.5 Å². The van der Waals surface area contributed by atoms with Gasteiger partial charge >= 0.3 is 0 Å². The first-order chi connectivity index (χ1) is 11.6. The molecule has 0 aliphatic carbocycles. The molecule has 3 heteroatoms. The summed E-state index contributed by atoms with van der Waals surface area (Å²) in [5.41, 5.74) is 1.47. The Morgan fingerprint density at radius 2 is 1.83 bits per heavy atom. The SMILES string of the molecule is CC[C@@]12C=C[C@@H](O1)[C@@H](C(=O)c1ccccc1)[C@@H]2c1ccc(Cl)cc1. The van der Waals surface area contributed by atoms with Crippen molar-refractivity contribution in [3.05, 3.63) is 82.9 Å². The van der Waals surface area contributed by atoms with Crippen molar-refractivity contribution in [2.75, 3.05) is 0 Å². The van der Waals surface area contributed by atoms with Gasteiger partial charge in [-0.1, -0.05) is 73.1 Å². The van der Waals surface area contributed by atoms with Crippen molar-refractivity contribution >= 4 is 17.4 Å². The van der Waals surface area contributed by atoms with Crippen LogP contribution in [0.1, 0.15) is 35.2 Å². The maximum atomic E-state index is 13.2. The minimum atomic E-state index is -0.395. The Morgan fingerprint density at radius 1 is 1.12 bits per heavy atom. The summed E-state index contributed by atoms with van der Waals surface area (Å²) in [6.45, 7) is 2.12. The monoisotopic (exact) mass is 338 g/mol. The molecule has 2 bridgehead atoms. The van der Waals surface area contributed by atoms with Gasteiger partial charge in [0.1, 0.15) is 0 Å². The summed E-state index contributed by atoms with van der Waals surface area (Å²) in [5.74, 6) is -0.0266. The number of halogens is 1. The summed E-state index contributed by atoms with van der Waals surface area (Å²) in [6.07, 6.45) is 4.89. The Bertz CT molecular complexity index is 781. The summed E-state index contributed by atoms with van der Waals surface area (Å²) in [5, 5.41) is 0.704. The van der Waals surface area contributed by atoms with E-state index in [1.165, 1.54) is 0 Å². The van der Waals surface area contributed by atoms with Crippen molar-refractivity contribution in [2.24, 2.45) is 5.92 Å². The maximum Gasteiger partial charge on any atom is 0.169 e. The van der Waals surface area contributed by atoms with E-state index in [9.17, 15) is 4.79 Å². The van der Waals surface area contributed by atoms with Crippen LogP contribution in [0.15, 0.2) is 66.7 Å². The number of fused-ring (bicyclic) bond motifs is 2. The van der Waals surface area contributed by atoms with E-state index in [1.54, 1.807) is 0 Å². The molecule has 122 valence electrons. The first-order valence-corrected chi connectivity index (χ1v) is 8.74. The molecule has 2 aliphatic rings. The Kier molecular flexibility index (Phi) is 3.82. The highest BCUT2D eigenvalue weighted by Gasteiger charge is 2.58. The molecule has 2 nitrogen and oxygen atoms in total. The minimum Gasteiger partial charge on any atom is -0.362 e. The predicted octanol–water partition coefficient (Wildman–Crippen LogP) is 5.04.